The van der Waals surface area contributed by atoms with Crippen molar-refractivity contribution in [2.45, 2.75) is 31.3 Å². The van der Waals surface area contributed by atoms with Gasteiger partial charge in [0.05, 0.1) is 11.9 Å². The Labute approximate surface area is 190 Å². The average Bonchev–Trinajstić information content (AvgIpc) is 2.66. The van der Waals surface area contributed by atoms with Gasteiger partial charge < -0.3 is 16.0 Å². The highest BCUT2D eigenvalue weighted by atomic mass is 127. The lowest BCUT2D eigenvalue weighted by Crippen LogP contribution is -2.51. The van der Waals surface area contributed by atoms with Crippen LogP contribution in [0.25, 0.3) is 0 Å². The quantitative estimate of drug-likeness (QED) is 0.274. The number of hydrogen-bond acceptors (Lipinski definition) is 5. The molecule has 30 heavy (non-hydrogen) atoms. The smallest absolute Gasteiger partial charge is 0.357 e. The largest absolute Gasteiger partial charge is 0.511 e. The van der Waals surface area contributed by atoms with Crippen molar-refractivity contribution in [3.63, 3.8) is 0 Å². The van der Waals surface area contributed by atoms with Crippen molar-refractivity contribution in [3.8, 4) is 0 Å². The van der Waals surface area contributed by atoms with Crippen LogP contribution in [0.4, 0.5) is 18.9 Å². The van der Waals surface area contributed by atoms with Crippen LogP contribution in [0.3, 0.4) is 0 Å². The van der Waals surface area contributed by atoms with Crippen molar-refractivity contribution in [1.29, 1.82) is 0 Å². The topological polar surface area (TPSA) is 116 Å². The number of halogens is 4. The highest BCUT2D eigenvalue weighted by molar-refractivity contribution is 14.0. The molecule has 0 aliphatic carbocycles. The van der Waals surface area contributed by atoms with Crippen molar-refractivity contribution < 1.29 is 26.4 Å². The highest BCUT2D eigenvalue weighted by Crippen LogP contribution is 2.28. The van der Waals surface area contributed by atoms with E-state index in [4.69, 9.17) is 0 Å². The van der Waals surface area contributed by atoms with Gasteiger partial charge in [-0.2, -0.15) is 17.5 Å². The lowest BCUT2D eigenvalue weighted by molar-refractivity contribution is -0.114. The van der Waals surface area contributed by atoms with Crippen LogP contribution in [0.2, 0.25) is 0 Å². The normalized spacial score (nSPS) is 16.5. The van der Waals surface area contributed by atoms with Crippen LogP contribution in [0.1, 0.15) is 19.8 Å². The molecule has 2 rings (SSSR count). The van der Waals surface area contributed by atoms with Crippen LogP contribution in [0.5, 0.6) is 0 Å². The minimum atomic E-state index is -5.31. The van der Waals surface area contributed by atoms with Gasteiger partial charge in [0.15, 0.2) is 5.96 Å². The second kappa shape index (κ2) is 11.6. The Balaban J connectivity index is 0.00000450. The van der Waals surface area contributed by atoms with Crippen LogP contribution in [-0.4, -0.2) is 67.3 Å². The van der Waals surface area contributed by atoms with Crippen LogP contribution < -0.4 is 16.0 Å². The van der Waals surface area contributed by atoms with Gasteiger partial charge in [0.2, 0.25) is 5.91 Å². The van der Waals surface area contributed by atoms with E-state index in [9.17, 15) is 26.4 Å². The number of aromatic nitrogens is 1. The summed E-state index contributed by atoms with van der Waals surface area (Å²) in [5.41, 5.74) is -4.77. The first-order valence-corrected chi connectivity index (χ1v) is 10.4. The number of amides is 1. The molecule has 0 saturated carbocycles. The number of rotatable bonds is 6. The molecule has 2 heterocycles. The van der Waals surface area contributed by atoms with Gasteiger partial charge in [-0.25, -0.2) is 13.4 Å². The summed E-state index contributed by atoms with van der Waals surface area (Å²) >= 11 is 0. The fourth-order valence-electron chi connectivity index (χ4n) is 2.69. The van der Waals surface area contributed by atoms with E-state index in [-0.39, 0.29) is 68.4 Å². The van der Waals surface area contributed by atoms with E-state index in [0.717, 1.165) is 0 Å². The second-order valence-electron chi connectivity index (χ2n) is 6.25. The van der Waals surface area contributed by atoms with E-state index in [2.05, 4.69) is 25.9 Å². The third kappa shape index (κ3) is 7.54. The first-order chi connectivity index (χ1) is 13.6. The van der Waals surface area contributed by atoms with Gasteiger partial charge in [0.1, 0.15) is 6.54 Å². The third-order valence-electron chi connectivity index (χ3n) is 4.10. The number of piperidine rings is 1. The van der Waals surface area contributed by atoms with Crippen LogP contribution >= 0.6 is 24.0 Å². The molecule has 170 valence electrons. The van der Waals surface area contributed by atoms with Crippen molar-refractivity contribution in [2.24, 2.45) is 4.99 Å². The van der Waals surface area contributed by atoms with Crippen LogP contribution in [0.15, 0.2) is 29.5 Å². The van der Waals surface area contributed by atoms with Crippen LogP contribution in [0, 0.1) is 0 Å². The number of hydrogen-bond donors (Lipinski definition) is 3. The van der Waals surface area contributed by atoms with E-state index in [1.807, 2.05) is 6.92 Å². The van der Waals surface area contributed by atoms with E-state index in [1.54, 1.807) is 18.3 Å². The van der Waals surface area contributed by atoms with Gasteiger partial charge in [0, 0.05) is 31.9 Å². The maximum Gasteiger partial charge on any atom is 0.511 e. The Morgan fingerprint density at radius 1 is 1.33 bits per heavy atom. The first kappa shape index (κ1) is 26.4. The average molecular weight is 564 g/mol. The summed E-state index contributed by atoms with van der Waals surface area (Å²) in [6.45, 7) is 1.66. The van der Waals surface area contributed by atoms with Gasteiger partial charge in [-0.15, -0.1) is 24.0 Å². The first-order valence-electron chi connectivity index (χ1n) is 8.94. The zero-order valence-electron chi connectivity index (χ0n) is 16.1. The Morgan fingerprint density at radius 3 is 2.53 bits per heavy atom. The molecule has 0 atom stereocenters. The molecule has 1 aliphatic heterocycles. The van der Waals surface area contributed by atoms with Crippen molar-refractivity contribution in [1.82, 2.24) is 19.9 Å². The van der Waals surface area contributed by atoms with Gasteiger partial charge in [-0.3, -0.25) is 9.78 Å². The minimum Gasteiger partial charge on any atom is -0.357 e. The minimum absolute atomic E-state index is 0. The fourth-order valence-corrected chi connectivity index (χ4v) is 3.67. The van der Waals surface area contributed by atoms with Gasteiger partial charge in [-0.05, 0) is 31.9 Å². The van der Waals surface area contributed by atoms with Crippen LogP contribution in [-0.2, 0) is 14.8 Å². The molecule has 3 N–H and O–H groups in total. The number of aliphatic imine (C=N–C) groups is 1. The third-order valence-corrected chi connectivity index (χ3v) is 5.73. The Kier molecular flexibility index (Phi) is 10.2. The predicted octanol–water partition coefficient (Wildman–Crippen LogP) is 1.51. The van der Waals surface area contributed by atoms with Crippen molar-refractivity contribution in [3.05, 3.63) is 24.5 Å². The number of pyridine rings is 1. The van der Waals surface area contributed by atoms with Gasteiger partial charge in [-0.1, -0.05) is 0 Å². The molecule has 0 radical (unpaired) electrons. The van der Waals surface area contributed by atoms with E-state index >= 15 is 0 Å². The van der Waals surface area contributed by atoms with Gasteiger partial charge >= 0.3 is 15.5 Å². The standard InChI is InChI=1S/C16H23F3N6O3S.HI/c1-2-21-15(22-11-14(26)23-13-4-3-7-20-10-13)24-12-5-8-25(9-6-12)29(27,28)16(17,18)19;/h3-4,7,10,12H,2,5-6,8-9,11H2,1H3,(H,23,26)(H2,21,22,24);1H. The molecule has 0 aromatic carbocycles. The van der Waals surface area contributed by atoms with E-state index in [1.165, 1.54) is 6.20 Å². The highest BCUT2D eigenvalue weighted by Gasteiger charge is 2.50. The molecule has 1 amide bonds. The lowest BCUT2D eigenvalue weighted by Gasteiger charge is -2.32. The summed E-state index contributed by atoms with van der Waals surface area (Å²) in [7, 11) is -5.31. The maximum absolute atomic E-state index is 12.6. The second-order valence-corrected chi connectivity index (χ2v) is 8.18. The maximum atomic E-state index is 12.6. The number of anilines is 1. The fraction of sp³-hybridized carbons (Fsp3) is 0.562. The van der Waals surface area contributed by atoms with E-state index in [0.29, 0.717) is 22.5 Å². The monoisotopic (exact) mass is 564 g/mol. The van der Waals surface area contributed by atoms with Gasteiger partial charge in [0.25, 0.3) is 0 Å². The molecule has 1 fully saturated rings. The number of nitrogens with one attached hydrogen (secondary N) is 3. The number of guanidine groups is 1. The molecule has 0 unspecified atom stereocenters. The zero-order valence-corrected chi connectivity index (χ0v) is 19.3. The number of nitrogens with zero attached hydrogens (tertiary/aromatic N) is 3. The summed E-state index contributed by atoms with van der Waals surface area (Å²) in [5, 5.41) is 8.62. The Bertz CT molecular complexity index is 815. The Morgan fingerprint density at radius 2 is 2.00 bits per heavy atom. The summed E-state index contributed by atoms with van der Waals surface area (Å²) in [6.07, 6.45) is 3.43. The molecular formula is C16H24F3IN6O3S. The number of sulfonamides is 1. The van der Waals surface area contributed by atoms with Crippen molar-refractivity contribution >= 4 is 51.6 Å². The van der Waals surface area contributed by atoms with E-state index < -0.39 is 15.5 Å². The number of carbonyl (C=O) groups is 1. The lowest BCUT2D eigenvalue weighted by atomic mass is 10.1. The molecule has 0 bridgehead atoms. The summed E-state index contributed by atoms with van der Waals surface area (Å²) in [4.78, 5) is 20.0. The zero-order chi connectivity index (χ0) is 21.5. The molecule has 1 aromatic rings. The summed E-state index contributed by atoms with van der Waals surface area (Å²) in [6, 6.07) is 3.09. The predicted molar refractivity (Wildman–Crippen MR) is 117 cm³/mol. The molecular weight excluding hydrogens is 540 g/mol. The molecule has 1 aliphatic rings. The molecule has 9 nitrogen and oxygen atoms in total. The molecule has 1 saturated heterocycles. The molecule has 1 aromatic heterocycles. The number of alkyl halides is 3. The summed E-state index contributed by atoms with van der Waals surface area (Å²) in [5.74, 6) is -0.0349. The Hall–Kier alpha value is -1.68. The molecule has 0 spiro atoms. The summed E-state index contributed by atoms with van der Waals surface area (Å²) < 4.78 is 61.3. The SMILES string of the molecule is CCNC(=NCC(=O)Nc1cccnc1)NC1CCN(S(=O)(=O)C(F)(F)F)CC1.I. The van der Waals surface area contributed by atoms with Crippen molar-refractivity contribution in [2.75, 3.05) is 31.5 Å². The molecule has 14 heteroatoms. The number of carbonyl (C=O) groups excluding carboxylic acids is 1.